The maximum Gasteiger partial charge on any atom is 0.338 e. The standard InChI is InChI=1S/C15H12F3NO2/c1-8(14-12(17)3-2-4-13(14)18)19-9-5-6-11(16)10(7-9)15(20)21/h2-8,19H,1H3,(H,20,21). The molecular weight excluding hydrogens is 283 g/mol. The Morgan fingerprint density at radius 3 is 2.29 bits per heavy atom. The first-order valence-electron chi connectivity index (χ1n) is 6.13. The van der Waals surface area contributed by atoms with Gasteiger partial charge in [0.15, 0.2) is 0 Å². The van der Waals surface area contributed by atoms with Crippen LogP contribution in [0.15, 0.2) is 36.4 Å². The molecule has 110 valence electrons. The fourth-order valence-electron chi connectivity index (χ4n) is 2.03. The van der Waals surface area contributed by atoms with E-state index in [2.05, 4.69) is 5.32 Å². The number of carboxylic acids is 1. The zero-order valence-electron chi connectivity index (χ0n) is 11.0. The largest absolute Gasteiger partial charge is 0.478 e. The van der Waals surface area contributed by atoms with Crippen molar-refractivity contribution in [3.8, 4) is 0 Å². The minimum atomic E-state index is -1.42. The summed E-state index contributed by atoms with van der Waals surface area (Å²) in [5.74, 6) is -3.72. The highest BCUT2D eigenvalue weighted by molar-refractivity contribution is 5.89. The first-order valence-corrected chi connectivity index (χ1v) is 6.13. The number of carboxylic acid groups (broad SMARTS) is 1. The summed E-state index contributed by atoms with van der Waals surface area (Å²) in [4.78, 5) is 10.9. The molecule has 0 fully saturated rings. The van der Waals surface area contributed by atoms with Crippen molar-refractivity contribution in [3.63, 3.8) is 0 Å². The second-order valence-electron chi connectivity index (χ2n) is 4.50. The van der Waals surface area contributed by atoms with Crippen molar-refractivity contribution in [1.82, 2.24) is 0 Å². The van der Waals surface area contributed by atoms with Crippen molar-refractivity contribution >= 4 is 11.7 Å². The van der Waals surface area contributed by atoms with E-state index < -0.39 is 35.0 Å². The molecular formula is C15H12F3NO2. The molecule has 0 radical (unpaired) electrons. The van der Waals surface area contributed by atoms with E-state index in [0.717, 1.165) is 24.3 Å². The van der Waals surface area contributed by atoms with Gasteiger partial charge >= 0.3 is 5.97 Å². The van der Waals surface area contributed by atoms with Crippen LogP contribution >= 0.6 is 0 Å². The molecule has 0 aliphatic heterocycles. The van der Waals surface area contributed by atoms with E-state index in [9.17, 15) is 18.0 Å². The molecule has 6 heteroatoms. The molecule has 2 aromatic rings. The molecule has 0 aliphatic carbocycles. The van der Waals surface area contributed by atoms with Gasteiger partial charge in [0.25, 0.3) is 0 Å². The topological polar surface area (TPSA) is 49.3 Å². The molecule has 1 unspecified atom stereocenters. The van der Waals surface area contributed by atoms with E-state index in [0.29, 0.717) is 0 Å². The highest BCUT2D eigenvalue weighted by Gasteiger charge is 2.17. The number of rotatable bonds is 4. The van der Waals surface area contributed by atoms with Crippen LogP contribution in [0.4, 0.5) is 18.9 Å². The Morgan fingerprint density at radius 1 is 1.10 bits per heavy atom. The number of benzene rings is 2. The Balaban J connectivity index is 2.30. The summed E-state index contributed by atoms with van der Waals surface area (Å²) in [7, 11) is 0. The summed E-state index contributed by atoms with van der Waals surface area (Å²) < 4.78 is 40.6. The van der Waals surface area contributed by atoms with Crippen LogP contribution in [0, 0.1) is 17.5 Å². The van der Waals surface area contributed by atoms with Gasteiger partial charge in [-0.3, -0.25) is 0 Å². The number of hydrogen-bond donors (Lipinski definition) is 2. The molecule has 0 saturated heterocycles. The van der Waals surface area contributed by atoms with Gasteiger partial charge in [-0.2, -0.15) is 0 Å². The fourth-order valence-corrected chi connectivity index (χ4v) is 2.03. The Bertz CT molecular complexity index is 668. The molecule has 2 N–H and O–H groups in total. The van der Waals surface area contributed by atoms with Gasteiger partial charge in [-0.15, -0.1) is 0 Å². The third kappa shape index (κ3) is 3.16. The van der Waals surface area contributed by atoms with Gasteiger partial charge in [-0.25, -0.2) is 18.0 Å². The first-order chi connectivity index (χ1) is 9.90. The van der Waals surface area contributed by atoms with E-state index in [1.165, 1.54) is 19.1 Å². The van der Waals surface area contributed by atoms with Crippen LogP contribution in [0.1, 0.15) is 28.9 Å². The fraction of sp³-hybridized carbons (Fsp3) is 0.133. The number of aromatic carboxylic acids is 1. The Kier molecular flexibility index (Phi) is 4.16. The van der Waals surface area contributed by atoms with Gasteiger partial charge in [-0.1, -0.05) is 6.07 Å². The number of anilines is 1. The third-order valence-corrected chi connectivity index (χ3v) is 3.01. The molecule has 0 bridgehead atoms. The van der Waals surface area contributed by atoms with Crippen molar-refractivity contribution in [2.45, 2.75) is 13.0 Å². The summed E-state index contributed by atoms with van der Waals surface area (Å²) in [6.07, 6.45) is 0. The van der Waals surface area contributed by atoms with Crippen LogP contribution in [-0.2, 0) is 0 Å². The predicted molar refractivity (Wildman–Crippen MR) is 71.8 cm³/mol. The number of halogens is 3. The molecule has 21 heavy (non-hydrogen) atoms. The van der Waals surface area contributed by atoms with E-state index in [1.807, 2.05) is 0 Å². The highest BCUT2D eigenvalue weighted by atomic mass is 19.1. The van der Waals surface area contributed by atoms with E-state index >= 15 is 0 Å². The van der Waals surface area contributed by atoms with Gasteiger partial charge in [0, 0.05) is 11.3 Å². The Hall–Kier alpha value is -2.50. The molecule has 3 nitrogen and oxygen atoms in total. The van der Waals surface area contributed by atoms with Crippen molar-refractivity contribution in [2.75, 3.05) is 5.32 Å². The van der Waals surface area contributed by atoms with Crippen LogP contribution in [0.25, 0.3) is 0 Å². The maximum atomic E-state index is 13.6. The van der Waals surface area contributed by atoms with E-state index in [-0.39, 0.29) is 11.3 Å². The minimum absolute atomic E-state index is 0.168. The normalized spacial score (nSPS) is 12.0. The highest BCUT2D eigenvalue weighted by Crippen LogP contribution is 2.25. The van der Waals surface area contributed by atoms with E-state index in [1.54, 1.807) is 0 Å². The molecule has 0 heterocycles. The lowest BCUT2D eigenvalue weighted by molar-refractivity contribution is 0.0692. The summed E-state index contributed by atoms with van der Waals surface area (Å²) in [6.45, 7) is 1.52. The molecule has 0 aromatic heterocycles. The Morgan fingerprint density at radius 2 is 1.71 bits per heavy atom. The quantitative estimate of drug-likeness (QED) is 0.897. The predicted octanol–water partition coefficient (Wildman–Crippen LogP) is 3.98. The molecule has 1 atom stereocenters. The average molecular weight is 295 g/mol. The van der Waals surface area contributed by atoms with Crippen molar-refractivity contribution in [3.05, 3.63) is 65.0 Å². The van der Waals surface area contributed by atoms with Crippen LogP contribution < -0.4 is 5.32 Å². The summed E-state index contributed by atoms with van der Waals surface area (Å²) in [6, 6.07) is 6.12. The van der Waals surface area contributed by atoms with Crippen LogP contribution in [0.2, 0.25) is 0 Å². The molecule has 0 saturated carbocycles. The van der Waals surface area contributed by atoms with Crippen LogP contribution in [0.5, 0.6) is 0 Å². The summed E-state index contributed by atoms with van der Waals surface area (Å²) >= 11 is 0. The summed E-state index contributed by atoms with van der Waals surface area (Å²) in [5.41, 5.74) is -0.427. The zero-order valence-corrected chi connectivity index (χ0v) is 11.0. The second kappa shape index (κ2) is 5.87. The van der Waals surface area contributed by atoms with Gasteiger partial charge in [-0.05, 0) is 37.3 Å². The lowest BCUT2D eigenvalue weighted by atomic mass is 10.1. The van der Waals surface area contributed by atoms with Gasteiger partial charge in [0.1, 0.15) is 17.5 Å². The van der Waals surface area contributed by atoms with Crippen LogP contribution in [-0.4, -0.2) is 11.1 Å². The second-order valence-corrected chi connectivity index (χ2v) is 4.50. The molecule has 2 aromatic carbocycles. The number of carbonyl (C=O) groups is 1. The van der Waals surface area contributed by atoms with Crippen molar-refractivity contribution in [2.24, 2.45) is 0 Å². The minimum Gasteiger partial charge on any atom is -0.478 e. The van der Waals surface area contributed by atoms with Gasteiger partial charge in [0.2, 0.25) is 0 Å². The SMILES string of the molecule is CC(Nc1ccc(F)c(C(=O)O)c1)c1c(F)cccc1F. The molecule has 0 amide bonds. The average Bonchev–Trinajstić information content (AvgIpc) is 2.40. The lowest BCUT2D eigenvalue weighted by Crippen LogP contribution is -2.12. The molecule has 0 aliphatic rings. The summed E-state index contributed by atoms with van der Waals surface area (Å²) in [5, 5.41) is 11.6. The van der Waals surface area contributed by atoms with Crippen LogP contribution in [0.3, 0.4) is 0 Å². The maximum absolute atomic E-state index is 13.6. The zero-order chi connectivity index (χ0) is 15.6. The van der Waals surface area contributed by atoms with Gasteiger partial charge in [0.05, 0.1) is 11.6 Å². The first kappa shape index (κ1) is 14.9. The Labute approximate surface area is 119 Å². The van der Waals surface area contributed by atoms with E-state index in [4.69, 9.17) is 5.11 Å². The molecule has 2 rings (SSSR count). The number of hydrogen-bond acceptors (Lipinski definition) is 2. The van der Waals surface area contributed by atoms with Crippen molar-refractivity contribution < 1.29 is 23.1 Å². The number of nitrogens with one attached hydrogen (secondary N) is 1. The lowest BCUT2D eigenvalue weighted by Gasteiger charge is -2.17. The van der Waals surface area contributed by atoms with Gasteiger partial charge < -0.3 is 10.4 Å². The monoisotopic (exact) mass is 295 g/mol. The smallest absolute Gasteiger partial charge is 0.338 e. The van der Waals surface area contributed by atoms with Crippen molar-refractivity contribution in [1.29, 1.82) is 0 Å². The molecule has 0 spiro atoms. The third-order valence-electron chi connectivity index (χ3n) is 3.01.